The smallest absolute Gasteiger partial charge is 0.257 e. The molecule has 0 saturated carbocycles. The van der Waals surface area contributed by atoms with E-state index in [1.165, 1.54) is 6.07 Å². The van der Waals surface area contributed by atoms with Crippen LogP contribution in [0.5, 0.6) is 5.88 Å². The van der Waals surface area contributed by atoms with Crippen molar-refractivity contribution >= 4 is 34.2 Å². The molecule has 0 bridgehead atoms. The van der Waals surface area contributed by atoms with Gasteiger partial charge in [-0.15, -0.1) is 0 Å². The van der Waals surface area contributed by atoms with Gasteiger partial charge in [0.1, 0.15) is 23.6 Å². The second-order valence-electron chi connectivity index (χ2n) is 12.3. The van der Waals surface area contributed by atoms with Crippen molar-refractivity contribution in [1.82, 2.24) is 29.4 Å². The topological polar surface area (TPSA) is 107 Å². The minimum Gasteiger partial charge on any atom is -0.474 e. The first-order valence-corrected chi connectivity index (χ1v) is 16.8. The van der Waals surface area contributed by atoms with Crippen molar-refractivity contribution in [3.63, 3.8) is 0 Å². The SMILES string of the molecule is CCc1ccc(C(=O)Nc2ccc3c(c2)nc(CN2CCC(Oc4ccnc(Cc5ccc(Cl)cc5F)n4)CC2)n3C[C@@H]2CCO2)cn1. The maximum absolute atomic E-state index is 14.3. The number of hydrogen-bond donors (Lipinski definition) is 1. The zero-order valence-corrected chi connectivity index (χ0v) is 27.5. The Hall–Kier alpha value is -4.45. The van der Waals surface area contributed by atoms with Crippen molar-refractivity contribution in [2.24, 2.45) is 0 Å². The summed E-state index contributed by atoms with van der Waals surface area (Å²) >= 11 is 5.89. The first-order chi connectivity index (χ1) is 23.4. The summed E-state index contributed by atoms with van der Waals surface area (Å²) in [5.41, 5.74) is 4.48. The Morgan fingerprint density at radius 1 is 1.06 bits per heavy atom. The highest BCUT2D eigenvalue weighted by atomic mass is 35.5. The monoisotopic (exact) mass is 669 g/mol. The number of fused-ring (bicyclic) bond motifs is 1. The molecule has 1 amide bonds. The Morgan fingerprint density at radius 2 is 1.92 bits per heavy atom. The number of imidazole rings is 1. The van der Waals surface area contributed by atoms with Crippen LogP contribution in [0.25, 0.3) is 11.0 Å². The molecule has 3 aromatic heterocycles. The molecule has 2 aliphatic heterocycles. The van der Waals surface area contributed by atoms with Crippen molar-refractivity contribution in [2.45, 2.75) is 64.3 Å². The van der Waals surface area contributed by atoms with Crippen LogP contribution in [0, 0.1) is 5.82 Å². The van der Waals surface area contributed by atoms with Gasteiger partial charge < -0.3 is 19.4 Å². The Labute approximate surface area is 283 Å². The predicted molar refractivity (Wildman–Crippen MR) is 181 cm³/mol. The Balaban J connectivity index is 0.993. The molecule has 0 spiro atoms. The molecule has 2 saturated heterocycles. The van der Waals surface area contributed by atoms with E-state index in [1.807, 2.05) is 31.2 Å². The van der Waals surface area contributed by atoms with Gasteiger partial charge in [0.2, 0.25) is 5.88 Å². The largest absolute Gasteiger partial charge is 0.474 e. The summed E-state index contributed by atoms with van der Waals surface area (Å²) in [6.45, 7) is 5.93. The zero-order chi connectivity index (χ0) is 33.0. The summed E-state index contributed by atoms with van der Waals surface area (Å²) in [5.74, 6) is 1.37. The number of ether oxygens (including phenoxy) is 2. The lowest BCUT2D eigenvalue weighted by Crippen LogP contribution is -2.39. The van der Waals surface area contributed by atoms with E-state index < -0.39 is 0 Å². The average molecular weight is 670 g/mol. The van der Waals surface area contributed by atoms with Gasteiger partial charge in [0, 0.05) is 61.0 Å². The van der Waals surface area contributed by atoms with Gasteiger partial charge in [-0.1, -0.05) is 24.6 Å². The predicted octanol–water partition coefficient (Wildman–Crippen LogP) is 6.25. The molecular weight excluding hydrogens is 633 g/mol. The van der Waals surface area contributed by atoms with Crippen LogP contribution in [-0.4, -0.2) is 67.2 Å². The van der Waals surface area contributed by atoms with Gasteiger partial charge in [0.25, 0.3) is 5.91 Å². The van der Waals surface area contributed by atoms with Crippen LogP contribution < -0.4 is 10.1 Å². The second-order valence-corrected chi connectivity index (χ2v) is 12.7. The van der Waals surface area contributed by atoms with Gasteiger partial charge in [0.05, 0.1) is 35.8 Å². The van der Waals surface area contributed by atoms with E-state index in [0.717, 1.165) is 74.5 Å². The van der Waals surface area contributed by atoms with Gasteiger partial charge in [-0.2, -0.15) is 4.98 Å². The van der Waals surface area contributed by atoms with E-state index in [4.69, 9.17) is 26.1 Å². The van der Waals surface area contributed by atoms with E-state index in [9.17, 15) is 9.18 Å². The molecular formula is C36H37ClFN7O3. The molecule has 2 aliphatic rings. The number of carbonyl (C=O) groups is 1. The van der Waals surface area contributed by atoms with Crippen LogP contribution in [0.4, 0.5) is 10.1 Å². The van der Waals surface area contributed by atoms with Crippen LogP contribution in [0.1, 0.15) is 59.5 Å². The summed E-state index contributed by atoms with van der Waals surface area (Å²) in [6.07, 6.45) is 7.22. The van der Waals surface area contributed by atoms with Gasteiger partial charge in [-0.25, -0.2) is 14.4 Å². The van der Waals surface area contributed by atoms with Gasteiger partial charge in [-0.05, 0) is 73.7 Å². The van der Waals surface area contributed by atoms with Crippen molar-refractivity contribution in [3.05, 3.63) is 106 Å². The molecule has 5 heterocycles. The molecule has 5 aromatic rings. The summed E-state index contributed by atoms with van der Waals surface area (Å²) in [7, 11) is 0. The minimum absolute atomic E-state index is 0.0120. The number of hydrogen-bond acceptors (Lipinski definition) is 8. The van der Waals surface area contributed by atoms with E-state index in [0.29, 0.717) is 40.1 Å². The molecule has 12 heteroatoms. The van der Waals surface area contributed by atoms with E-state index in [1.54, 1.807) is 36.7 Å². The number of carbonyl (C=O) groups excluding carboxylic acids is 1. The summed E-state index contributed by atoms with van der Waals surface area (Å²) in [4.78, 5) is 33.5. The number of halogens is 2. The zero-order valence-electron chi connectivity index (χ0n) is 26.7. The first kappa shape index (κ1) is 32.1. The van der Waals surface area contributed by atoms with Crippen molar-refractivity contribution in [3.8, 4) is 5.88 Å². The van der Waals surface area contributed by atoms with E-state index >= 15 is 0 Å². The van der Waals surface area contributed by atoms with Gasteiger partial charge in [-0.3, -0.25) is 14.7 Å². The second kappa shape index (κ2) is 14.3. The molecule has 0 unspecified atom stereocenters. The van der Waals surface area contributed by atoms with Crippen LogP contribution in [-0.2, 0) is 30.7 Å². The highest BCUT2D eigenvalue weighted by Crippen LogP contribution is 2.26. The lowest BCUT2D eigenvalue weighted by molar-refractivity contribution is -0.0592. The number of nitrogens with zero attached hydrogens (tertiary/aromatic N) is 6. The molecule has 2 aromatic carbocycles. The number of nitrogens with one attached hydrogen (secondary N) is 1. The van der Waals surface area contributed by atoms with E-state index in [2.05, 4.69) is 29.7 Å². The maximum Gasteiger partial charge on any atom is 0.257 e. The fourth-order valence-electron chi connectivity index (χ4n) is 6.11. The quantitative estimate of drug-likeness (QED) is 0.176. The van der Waals surface area contributed by atoms with Gasteiger partial charge in [0.15, 0.2) is 0 Å². The normalized spacial score (nSPS) is 16.9. The van der Waals surface area contributed by atoms with Gasteiger partial charge >= 0.3 is 0 Å². The standard InChI is InChI=1S/C36H37ClFN7O3/c1-2-26-6-4-24(20-40-26)36(46)41-27-7-8-32-31(19-27)42-34(45(32)21-29-12-16-47-29)22-44-14-10-28(11-15-44)48-35-9-13-39-33(43-35)17-23-3-5-25(37)18-30(23)38/h3-9,13,18-20,28-29H,2,10-12,14-17,21-22H2,1H3,(H,41,46)/t29-/m0/s1. The minimum atomic E-state index is -0.378. The number of amides is 1. The number of aryl methyl sites for hydroxylation is 1. The Kier molecular flexibility index (Phi) is 9.60. The van der Waals surface area contributed by atoms with E-state index in [-0.39, 0.29) is 30.4 Å². The lowest BCUT2D eigenvalue weighted by atomic mass is 10.1. The number of anilines is 1. The van der Waals surface area contributed by atoms with Crippen molar-refractivity contribution in [2.75, 3.05) is 25.0 Å². The third-order valence-corrected chi connectivity index (χ3v) is 9.18. The van der Waals surface area contributed by atoms with Crippen LogP contribution in [0.3, 0.4) is 0 Å². The van der Waals surface area contributed by atoms with Crippen LogP contribution in [0.2, 0.25) is 5.02 Å². The Bertz CT molecular complexity index is 1910. The number of piperidine rings is 1. The maximum atomic E-state index is 14.3. The molecule has 1 atom stereocenters. The number of aromatic nitrogens is 5. The van der Waals surface area contributed by atoms with Crippen LogP contribution in [0.15, 0.2) is 67.0 Å². The number of benzene rings is 2. The first-order valence-electron chi connectivity index (χ1n) is 16.4. The molecule has 2 fully saturated rings. The summed E-state index contributed by atoms with van der Waals surface area (Å²) in [6, 6.07) is 15.9. The summed E-state index contributed by atoms with van der Waals surface area (Å²) < 4.78 is 28.6. The fraction of sp³-hybridized carbons (Fsp3) is 0.361. The molecule has 0 radical (unpaired) electrons. The molecule has 48 heavy (non-hydrogen) atoms. The number of likely N-dealkylation sites (tertiary alicyclic amines) is 1. The van der Waals surface area contributed by atoms with Crippen molar-refractivity contribution in [1.29, 1.82) is 0 Å². The summed E-state index contributed by atoms with van der Waals surface area (Å²) in [5, 5.41) is 3.35. The highest BCUT2D eigenvalue weighted by Gasteiger charge is 2.26. The lowest BCUT2D eigenvalue weighted by Gasteiger charge is -2.32. The fourth-order valence-corrected chi connectivity index (χ4v) is 6.27. The highest BCUT2D eigenvalue weighted by molar-refractivity contribution is 6.30. The Morgan fingerprint density at radius 3 is 2.65 bits per heavy atom. The third-order valence-electron chi connectivity index (χ3n) is 8.94. The third kappa shape index (κ3) is 7.48. The molecule has 10 nitrogen and oxygen atoms in total. The molecule has 248 valence electrons. The number of rotatable bonds is 11. The van der Waals surface area contributed by atoms with Crippen LogP contribution >= 0.6 is 11.6 Å². The molecule has 7 rings (SSSR count). The molecule has 1 N–H and O–H groups in total. The van der Waals surface area contributed by atoms with Crippen molar-refractivity contribution < 1.29 is 18.7 Å². The average Bonchev–Trinajstić information content (AvgIpc) is 3.40. The molecule has 0 aliphatic carbocycles. The number of pyridine rings is 1.